The van der Waals surface area contributed by atoms with Crippen molar-refractivity contribution in [2.75, 3.05) is 38.4 Å². The number of benzene rings is 2. The normalized spacial score (nSPS) is 15.8. The molecule has 4 rings (SSSR count). The van der Waals surface area contributed by atoms with Gasteiger partial charge < -0.3 is 29.3 Å². The van der Waals surface area contributed by atoms with E-state index in [1.165, 1.54) is 0 Å². The van der Waals surface area contributed by atoms with Gasteiger partial charge in [-0.15, -0.1) is 0 Å². The van der Waals surface area contributed by atoms with E-state index in [9.17, 15) is 9.59 Å². The van der Waals surface area contributed by atoms with Crippen LogP contribution in [0.15, 0.2) is 42.5 Å². The number of esters is 1. The fourth-order valence-electron chi connectivity index (χ4n) is 4.25. The third-order valence-electron chi connectivity index (χ3n) is 6.14. The number of likely N-dealkylation sites (tertiary alicyclic amines) is 1. The highest BCUT2D eigenvalue weighted by Crippen LogP contribution is 2.33. The molecule has 2 amide bonds. The number of hydrogen-bond acceptors (Lipinski definition) is 6. The molecule has 2 aromatic carbocycles. The molecule has 1 saturated heterocycles. The summed E-state index contributed by atoms with van der Waals surface area (Å²) in [5.74, 6) is 1.07. The zero-order chi connectivity index (χ0) is 23.2. The van der Waals surface area contributed by atoms with E-state index in [4.69, 9.17) is 14.2 Å². The highest BCUT2D eigenvalue weighted by molar-refractivity contribution is 5.92. The Morgan fingerprint density at radius 2 is 1.79 bits per heavy atom. The number of piperidine rings is 1. The highest BCUT2D eigenvalue weighted by atomic mass is 16.7. The summed E-state index contributed by atoms with van der Waals surface area (Å²) in [4.78, 5) is 29.6. The van der Waals surface area contributed by atoms with E-state index in [1.807, 2.05) is 23.1 Å². The average molecular weight is 454 g/mol. The smallest absolute Gasteiger partial charge is 0.338 e. The first-order valence-electron chi connectivity index (χ1n) is 11.5. The van der Waals surface area contributed by atoms with E-state index in [2.05, 4.69) is 17.1 Å². The molecule has 0 saturated carbocycles. The van der Waals surface area contributed by atoms with Crippen molar-refractivity contribution < 1.29 is 23.8 Å². The van der Waals surface area contributed by atoms with Crippen molar-refractivity contribution in [3.63, 3.8) is 0 Å². The van der Waals surface area contributed by atoms with Gasteiger partial charge in [0.2, 0.25) is 6.79 Å². The summed E-state index contributed by atoms with van der Waals surface area (Å²) in [6.45, 7) is 7.92. The van der Waals surface area contributed by atoms with Crippen LogP contribution in [0.3, 0.4) is 0 Å². The maximum absolute atomic E-state index is 13.4. The third-order valence-corrected chi connectivity index (χ3v) is 6.14. The molecule has 0 unspecified atom stereocenters. The molecule has 2 aliphatic rings. The molecule has 0 atom stereocenters. The van der Waals surface area contributed by atoms with Gasteiger partial charge in [0.1, 0.15) is 0 Å². The molecule has 0 bridgehead atoms. The molecular weight excluding hydrogens is 422 g/mol. The van der Waals surface area contributed by atoms with Gasteiger partial charge in [-0.25, -0.2) is 9.59 Å². The standard InChI is InChI=1S/C25H31N3O5/c1-3-27-13-11-21(12-14-27)28(16-18-5-10-22-23(15-18)33-17-32-22)25(30)26-20-8-6-19(7-9-20)24(29)31-4-2/h5-10,15,21H,3-4,11-14,16-17H2,1-2H3,(H,26,30). The van der Waals surface area contributed by atoms with E-state index >= 15 is 0 Å². The summed E-state index contributed by atoms with van der Waals surface area (Å²) in [5, 5.41) is 3.00. The maximum atomic E-state index is 13.4. The van der Waals surface area contributed by atoms with Crippen molar-refractivity contribution in [1.29, 1.82) is 0 Å². The molecule has 0 radical (unpaired) electrons. The minimum Gasteiger partial charge on any atom is -0.462 e. The first kappa shape index (κ1) is 22.9. The largest absolute Gasteiger partial charge is 0.462 e. The molecule has 176 valence electrons. The number of fused-ring (bicyclic) bond motifs is 1. The van der Waals surface area contributed by atoms with E-state index < -0.39 is 0 Å². The monoisotopic (exact) mass is 453 g/mol. The third kappa shape index (κ3) is 5.57. The summed E-state index contributed by atoms with van der Waals surface area (Å²) in [5.41, 5.74) is 2.08. The summed E-state index contributed by atoms with van der Waals surface area (Å²) in [7, 11) is 0. The van der Waals surface area contributed by atoms with Crippen molar-refractivity contribution in [3.05, 3.63) is 53.6 Å². The zero-order valence-electron chi connectivity index (χ0n) is 19.2. The zero-order valence-corrected chi connectivity index (χ0v) is 19.2. The molecule has 8 nitrogen and oxygen atoms in total. The van der Waals surface area contributed by atoms with Crippen LogP contribution in [0.25, 0.3) is 0 Å². The molecule has 2 heterocycles. The summed E-state index contributed by atoms with van der Waals surface area (Å²) in [6.07, 6.45) is 1.85. The average Bonchev–Trinajstić information content (AvgIpc) is 3.31. The summed E-state index contributed by atoms with van der Waals surface area (Å²) >= 11 is 0. The molecule has 0 spiro atoms. The van der Waals surface area contributed by atoms with Crippen molar-refractivity contribution >= 4 is 17.7 Å². The van der Waals surface area contributed by atoms with Gasteiger partial charge in [0.25, 0.3) is 0 Å². The molecular formula is C25H31N3O5. The predicted octanol–water partition coefficient (Wildman–Crippen LogP) is 4.11. The Morgan fingerprint density at radius 3 is 2.48 bits per heavy atom. The van der Waals surface area contributed by atoms with Gasteiger partial charge in [0.05, 0.1) is 12.2 Å². The topological polar surface area (TPSA) is 80.3 Å². The van der Waals surface area contributed by atoms with E-state index in [0.29, 0.717) is 30.2 Å². The van der Waals surface area contributed by atoms with E-state index in [1.54, 1.807) is 31.2 Å². The van der Waals surface area contributed by atoms with Crippen molar-refractivity contribution in [2.45, 2.75) is 39.3 Å². The van der Waals surface area contributed by atoms with Gasteiger partial charge >= 0.3 is 12.0 Å². The molecule has 0 aliphatic carbocycles. The van der Waals surface area contributed by atoms with Crippen LogP contribution in [-0.2, 0) is 11.3 Å². The highest BCUT2D eigenvalue weighted by Gasteiger charge is 2.28. The van der Waals surface area contributed by atoms with Gasteiger partial charge in [0, 0.05) is 31.4 Å². The lowest BCUT2D eigenvalue weighted by Gasteiger charge is -2.38. The number of carbonyl (C=O) groups excluding carboxylic acids is 2. The number of hydrogen-bond donors (Lipinski definition) is 1. The lowest BCUT2D eigenvalue weighted by Crippen LogP contribution is -2.48. The fourth-order valence-corrected chi connectivity index (χ4v) is 4.25. The molecule has 2 aliphatic heterocycles. The van der Waals surface area contributed by atoms with Gasteiger partial charge in [0.15, 0.2) is 11.5 Å². The second-order valence-electron chi connectivity index (χ2n) is 8.21. The summed E-state index contributed by atoms with van der Waals surface area (Å²) < 4.78 is 16.0. The fraction of sp³-hybridized carbons (Fsp3) is 0.440. The van der Waals surface area contributed by atoms with Crippen LogP contribution in [0.4, 0.5) is 10.5 Å². The van der Waals surface area contributed by atoms with Crippen LogP contribution >= 0.6 is 0 Å². The number of ether oxygens (including phenoxy) is 3. The Morgan fingerprint density at radius 1 is 1.06 bits per heavy atom. The lowest BCUT2D eigenvalue weighted by molar-refractivity contribution is 0.0526. The van der Waals surface area contributed by atoms with Crippen molar-refractivity contribution in [3.8, 4) is 11.5 Å². The second-order valence-corrected chi connectivity index (χ2v) is 8.21. The summed E-state index contributed by atoms with van der Waals surface area (Å²) in [6, 6.07) is 12.6. The number of urea groups is 1. The maximum Gasteiger partial charge on any atom is 0.338 e. The quantitative estimate of drug-likeness (QED) is 0.636. The SMILES string of the molecule is CCOC(=O)c1ccc(NC(=O)N(Cc2ccc3c(c2)OCO3)C2CCN(CC)CC2)cc1. The Hall–Kier alpha value is -3.26. The number of carbonyl (C=O) groups is 2. The Balaban J connectivity index is 1.48. The van der Waals surface area contributed by atoms with Crippen LogP contribution < -0.4 is 14.8 Å². The molecule has 2 aromatic rings. The van der Waals surface area contributed by atoms with Gasteiger partial charge in [-0.3, -0.25) is 0 Å². The predicted molar refractivity (Wildman–Crippen MR) is 125 cm³/mol. The Kier molecular flexibility index (Phi) is 7.34. The van der Waals surface area contributed by atoms with Crippen LogP contribution in [-0.4, -0.2) is 60.9 Å². The number of amides is 2. The number of nitrogens with zero attached hydrogens (tertiary/aromatic N) is 2. The second kappa shape index (κ2) is 10.6. The minimum absolute atomic E-state index is 0.136. The number of rotatable bonds is 7. The number of anilines is 1. The van der Waals surface area contributed by atoms with Gasteiger partial charge in [-0.1, -0.05) is 13.0 Å². The first-order valence-corrected chi connectivity index (χ1v) is 11.5. The van der Waals surface area contributed by atoms with Crippen LogP contribution in [0.1, 0.15) is 42.6 Å². The van der Waals surface area contributed by atoms with Gasteiger partial charge in [-0.2, -0.15) is 0 Å². The Bertz CT molecular complexity index is 971. The number of nitrogens with one attached hydrogen (secondary N) is 1. The van der Waals surface area contributed by atoms with E-state index in [0.717, 1.165) is 43.8 Å². The van der Waals surface area contributed by atoms with Gasteiger partial charge in [-0.05, 0) is 68.3 Å². The molecule has 1 N–H and O–H groups in total. The molecule has 1 fully saturated rings. The van der Waals surface area contributed by atoms with Crippen molar-refractivity contribution in [2.24, 2.45) is 0 Å². The lowest BCUT2D eigenvalue weighted by atomic mass is 10.0. The molecule has 0 aromatic heterocycles. The van der Waals surface area contributed by atoms with Crippen molar-refractivity contribution in [1.82, 2.24) is 9.80 Å². The van der Waals surface area contributed by atoms with Crippen LogP contribution in [0.5, 0.6) is 11.5 Å². The molecule has 8 heteroatoms. The van der Waals surface area contributed by atoms with Crippen LogP contribution in [0, 0.1) is 0 Å². The first-order chi connectivity index (χ1) is 16.1. The minimum atomic E-state index is -0.373. The van der Waals surface area contributed by atoms with E-state index in [-0.39, 0.29) is 24.8 Å². The Labute approximate surface area is 194 Å². The van der Waals surface area contributed by atoms with Crippen LogP contribution in [0.2, 0.25) is 0 Å². The molecule has 33 heavy (non-hydrogen) atoms.